The van der Waals surface area contributed by atoms with E-state index in [2.05, 4.69) is 25.8 Å². The summed E-state index contributed by atoms with van der Waals surface area (Å²) in [6, 6.07) is 12.1. The van der Waals surface area contributed by atoms with Crippen LogP contribution >= 0.6 is 11.8 Å². The first-order valence-corrected chi connectivity index (χ1v) is 9.11. The average molecular weight is 382 g/mol. The molecular weight excluding hydrogens is 364 g/mol. The van der Waals surface area contributed by atoms with Crippen molar-refractivity contribution in [3.8, 4) is 0 Å². The summed E-state index contributed by atoms with van der Waals surface area (Å²) in [5.41, 5.74) is 1.92. The Hall–Kier alpha value is -3.20. The van der Waals surface area contributed by atoms with Crippen molar-refractivity contribution < 1.29 is 9.59 Å². The Balaban J connectivity index is 1.54. The van der Waals surface area contributed by atoms with Gasteiger partial charge in [0.2, 0.25) is 5.91 Å². The lowest BCUT2D eigenvalue weighted by atomic mass is 10.2. The second-order valence-corrected chi connectivity index (χ2v) is 6.70. The van der Waals surface area contributed by atoms with E-state index in [0.717, 1.165) is 5.69 Å². The van der Waals surface area contributed by atoms with E-state index in [1.165, 1.54) is 11.8 Å². The number of thioether (sulfide) groups is 1. The van der Waals surface area contributed by atoms with Crippen LogP contribution in [0.3, 0.4) is 0 Å². The maximum absolute atomic E-state index is 12.3. The van der Waals surface area contributed by atoms with Crippen LogP contribution in [-0.4, -0.2) is 37.3 Å². The van der Waals surface area contributed by atoms with Gasteiger partial charge in [-0.25, -0.2) is 4.98 Å². The molecule has 27 heavy (non-hydrogen) atoms. The smallest absolute Gasteiger partial charge is 0.256 e. The monoisotopic (exact) mass is 382 g/mol. The van der Waals surface area contributed by atoms with Crippen LogP contribution in [0, 0.1) is 6.92 Å². The van der Waals surface area contributed by atoms with Crippen LogP contribution in [-0.2, 0) is 11.8 Å². The molecule has 2 N–H and O–H groups in total. The van der Waals surface area contributed by atoms with Crippen molar-refractivity contribution >= 4 is 35.1 Å². The van der Waals surface area contributed by atoms with Crippen molar-refractivity contribution in [1.82, 2.24) is 19.7 Å². The molecule has 0 spiro atoms. The van der Waals surface area contributed by atoms with Gasteiger partial charge in [-0.3, -0.25) is 9.59 Å². The number of aromatic nitrogens is 4. The summed E-state index contributed by atoms with van der Waals surface area (Å²) in [5, 5.41) is 13.9. The minimum absolute atomic E-state index is 0.163. The highest BCUT2D eigenvalue weighted by Crippen LogP contribution is 2.15. The molecule has 1 aromatic carbocycles. The van der Waals surface area contributed by atoms with Gasteiger partial charge in [0, 0.05) is 24.0 Å². The third-order valence-corrected chi connectivity index (χ3v) is 4.60. The van der Waals surface area contributed by atoms with E-state index >= 15 is 0 Å². The number of rotatable bonds is 6. The first-order valence-electron chi connectivity index (χ1n) is 8.13. The summed E-state index contributed by atoms with van der Waals surface area (Å²) in [6.45, 7) is 1.86. The lowest BCUT2D eigenvalue weighted by molar-refractivity contribution is -0.113. The molecule has 0 aliphatic rings. The quantitative estimate of drug-likeness (QED) is 0.635. The normalized spacial score (nSPS) is 10.4. The van der Waals surface area contributed by atoms with Crippen LogP contribution in [0.5, 0.6) is 0 Å². The SMILES string of the molecule is Cc1cccc(NC(=O)c2ccc(NC(=O)CSc3nncn3C)cc2)n1. The largest absolute Gasteiger partial charge is 0.325 e. The Bertz CT molecular complexity index is 954. The van der Waals surface area contributed by atoms with Gasteiger partial charge in [0.15, 0.2) is 5.16 Å². The number of anilines is 2. The number of nitrogens with one attached hydrogen (secondary N) is 2. The predicted octanol–water partition coefficient (Wildman–Crippen LogP) is 2.50. The summed E-state index contributed by atoms with van der Waals surface area (Å²) in [7, 11) is 1.82. The molecule has 0 unspecified atom stereocenters. The maximum atomic E-state index is 12.3. The van der Waals surface area contributed by atoms with E-state index < -0.39 is 0 Å². The minimum Gasteiger partial charge on any atom is -0.325 e. The minimum atomic E-state index is -0.260. The van der Waals surface area contributed by atoms with E-state index in [4.69, 9.17) is 0 Å². The Labute approximate surface area is 160 Å². The molecule has 0 aliphatic carbocycles. The van der Waals surface area contributed by atoms with Gasteiger partial charge in [-0.1, -0.05) is 17.8 Å². The molecule has 138 valence electrons. The molecule has 0 atom stereocenters. The predicted molar refractivity (Wildman–Crippen MR) is 104 cm³/mol. The van der Waals surface area contributed by atoms with E-state index in [1.54, 1.807) is 41.2 Å². The van der Waals surface area contributed by atoms with E-state index in [1.807, 2.05) is 26.1 Å². The molecule has 2 amide bonds. The number of aryl methyl sites for hydroxylation is 2. The number of hydrogen-bond acceptors (Lipinski definition) is 6. The lowest BCUT2D eigenvalue weighted by Crippen LogP contribution is -2.15. The summed E-state index contributed by atoms with van der Waals surface area (Å²) < 4.78 is 1.74. The number of nitrogens with zero attached hydrogens (tertiary/aromatic N) is 4. The van der Waals surface area contributed by atoms with Crippen LogP contribution in [0.15, 0.2) is 53.9 Å². The highest BCUT2D eigenvalue weighted by molar-refractivity contribution is 7.99. The van der Waals surface area contributed by atoms with Crippen molar-refractivity contribution in [3.05, 3.63) is 60.0 Å². The van der Waals surface area contributed by atoms with E-state index in [0.29, 0.717) is 22.2 Å². The number of carbonyl (C=O) groups is 2. The fraction of sp³-hybridized carbons (Fsp3) is 0.167. The molecular formula is C18H18N6O2S. The zero-order valence-corrected chi connectivity index (χ0v) is 15.7. The van der Waals surface area contributed by atoms with Gasteiger partial charge >= 0.3 is 0 Å². The fourth-order valence-electron chi connectivity index (χ4n) is 2.24. The topological polar surface area (TPSA) is 102 Å². The Morgan fingerprint density at radius 2 is 1.89 bits per heavy atom. The lowest BCUT2D eigenvalue weighted by Gasteiger charge is -2.07. The molecule has 0 bridgehead atoms. The Morgan fingerprint density at radius 3 is 2.56 bits per heavy atom. The fourth-order valence-corrected chi connectivity index (χ4v) is 2.92. The van der Waals surface area contributed by atoms with Crippen LogP contribution in [0.2, 0.25) is 0 Å². The van der Waals surface area contributed by atoms with Gasteiger partial charge in [-0.05, 0) is 43.3 Å². The summed E-state index contributed by atoms with van der Waals surface area (Å²) in [5.74, 6) is 0.291. The summed E-state index contributed by atoms with van der Waals surface area (Å²) >= 11 is 1.30. The van der Waals surface area contributed by atoms with Gasteiger partial charge in [0.1, 0.15) is 12.1 Å². The van der Waals surface area contributed by atoms with E-state index in [-0.39, 0.29) is 17.6 Å². The van der Waals surface area contributed by atoms with Crippen molar-refractivity contribution in [2.45, 2.75) is 12.1 Å². The molecule has 3 aromatic rings. The van der Waals surface area contributed by atoms with Crippen molar-refractivity contribution in [1.29, 1.82) is 0 Å². The molecule has 0 aliphatic heterocycles. The molecule has 9 heteroatoms. The molecule has 0 saturated heterocycles. The van der Waals surface area contributed by atoms with Gasteiger partial charge in [0.25, 0.3) is 5.91 Å². The van der Waals surface area contributed by atoms with Crippen molar-refractivity contribution in [2.75, 3.05) is 16.4 Å². The van der Waals surface area contributed by atoms with Gasteiger partial charge in [-0.15, -0.1) is 10.2 Å². The molecule has 2 aromatic heterocycles. The van der Waals surface area contributed by atoms with Gasteiger partial charge in [0.05, 0.1) is 5.75 Å². The highest BCUT2D eigenvalue weighted by Gasteiger charge is 2.09. The maximum Gasteiger partial charge on any atom is 0.256 e. The standard InChI is InChI=1S/C18H18N6O2S/c1-12-4-3-5-15(20-12)22-17(26)13-6-8-14(9-7-13)21-16(25)10-27-18-23-19-11-24(18)2/h3-9,11H,10H2,1-2H3,(H,21,25)(H,20,22,26). The first kappa shape index (κ1) is 18.6. The second-order valence-electron chi connectivity index (χ2n) is 5.76. The van der Waals surface area contributed by atoms with Crippen LogP contribution < -0.4 is 10.6 Å². The Morgan fingerprint density at radius 1 is 1.11 bits per heavy atom. The molecule has 8 nitrogen and oxygen atoms in total. The van der Waals surface area contributed by atoms with Gasteiger partial charge < -0.3 is 15.2 Å². The molecule has 0 saturated carbocycles. The molecule has 2 heterocycles. The molecule has 0 radical (unpaired) electrons. The van der Waals surface area contributed by atoms with Gasteiger partial charge in [-0.2, -0.15) is 0 Å². The highest BCUT2D eigenvalue weighted by atomic mass is 32.2. The number of carbonyl (C=O) groups excluding carboxylic acids is 2. The molecule has 3 rings (SSSR count). The first-order chi connectivity index (χ1) is 13.0. The van der Waals surface area contributed by atoms with Crippen LogP contribution in [0.1, 0.15) is 16.1 Å². The zero-order chi connectivity index (χ0) is 19.2. The Kier molecular flexibility index (Phi) is 5.82. The van der Waals surface area contributed by atoms with Crippen LogP contribution in [0.25, 0.3) is 0 Å². The summed E-state index contributed by atoms with van der Waals surface area (Å²) in [6.07, 6.45) is 1.58. The third kappa shape index (κ3) is 5.14. The number of pyridine rings is 1. The number of hydrogen-bond donors (Lipinski definition) is 2. The average Bonchev–Trinajstić information content (AvgIpc) is 3.05. The van der Waals surface area contributed by atoms with Crippen molar-refractivity contribution in [2.24, 2.45) is 7.05 Å². The third-order valence-electron chi connectivity index (χ3n) is 3.56. The summed E-state index contributed by atoms with van der Waals surface area (Å²) in [4.78, 5) is 28.5. The number of benzene rings is 1. The zero-order valence-electron chi connectivity index (χ0n) is 14.8. The van der Waals surface area contributed by atoms with Crippen molar-refractivity contribution in [3.63, 3.8) is 0 Å². The molecule has 0 fully saturated rings. The number of amides is 2. The van der Waals surface area contributed by atoms with E-state index in [9.17, 15) is 9.59 Å². The van der Waals surface area contributed by atoms with Crippen LogP contribution in [0.4, 0.5) is 11.5 Å². The second kappa shape index (κ2) is 8.45.